The van der Waals surface area contributed by atoms with Gasteiger partial charge in [-0.05, 0) is 6.92 Å². The van der Waals surface area contributed by atoms with Gasteiger partial charge in [-0.1, -0.05) is 18.7 Å². The largest absolute Gasteiger partial charge is 0.392 e. The van der Waals surface area contributed by atoms with Gasteiger partial charge in [-0.15, -0.1) is 0 Å². The second-order valence-electron chi connectivity index (χ2n) is 1.08. The Morgan fingerprint density at radius 2 is 2.22 bits per heavy atom. The van der Waals surface area contributed by atoms with E-state index in [4.69, 9.17) is 10.4 Å². The molecule has 0 spiro atoms. The molecular formula is C7H11NO. The van der Waals surface area contributed by atoms with Crippen molar-refractivity contribution in [3.63, 3.8) is 0 Å². The molecule has 1 N–H and O–H groups in total. The van der Waals surface area contributed by atoms with E-state index < -0.39 is 0 Å². The summed E-state index contributed by atoms with van der Waals surface area (Å²) in [5.41, 5.74) is 0. The van der Waals surface area contributed by atoms with Crippen LogP contribution in [-0.4, -0.2) is 11.7 Å². The van der Waals surface area contributed by atoms with Crippen LogP contribution in [0.15, 0.2) is 24.8 Å². The fraction of sp³-hybridized carbons (Fsp3) is 0.286. The molecule has 0 amide bonds. The van der Waals surface area contributed by atoms with Gasteiger partial charge in [-0.2, -0.15) is 5.26 Å². The molecule has 0 atom stereocenters. The Morgan fingerprint density at radius 1 is 1.78 bits per heavy atom. The van der Waals surface area contributed by atoms with Gasteiger partial charge < -0.3 is 5.11 Å². The molecule has 0 saturated heterocycles. The molecule has 0 unspecified atom stereocenters. The van der Waals surface area contributed by atoms with Crippen LogP contribution in [0, 0.1) is 11.3 Å². The van der Waals surface area contributed by atoms with Crippen LogP contribution < -0.4 is 0 Å². The summed E-state index contributed by atoms with van der Waals surface area (Å²) in [6.45, 7) is 5.15. The molecule has 2 nitrogen and oxygen atoms in total. The number of aliphatic hydroxyl groups is 1. The Balaban J connectivity index is 0. The number of nitriles is 1. The van der Waals surface area contributed by atoms with E-state index in [2.05, 4.69) is 6.58 Å². The molecule has 9 heavy (non-hydrogen) atoms. The molecule has 50 valence electrons. The summed E-state index contributed by atoms with van der Waals surface area (Å²) in [4.78, 5) is 0. The van der Waals surface area contributed by atoms with Crippen molar-refractivity contribution in [3.8, 4) is 6.07 Å². The van der Waals surface area contributed by atoms with Crippen molar-refractivity contribution in [2.45, 2.75) is 6.92 Å². The van der Waals surface area contributed by atoms with Crippen LogP contribution in [0.5, 0.6) is 0 Å². The normalized spacial score (nSPS) is 7.22. The monoisotopic (exact) mass is 125 g/mol. The molecule has 0 fully saturated rings. The van der Waals surface area contributed by atoms with Gasteiger partial charge in [0.25, 0.3) is 0 Å². The van der Waals surface area contributed by atoms with Gasteiger partial charge in [0, 0.05) is 6.08 Å². The van der Waals surface area contributed by atoms with Crippen molar-refractivity contribution < 1.29 is 5.11 Å². The second kappa shape index (κ2) is 15.8. The average Bonchev–Trinajstić information content (AvgIpc) is 1.91. The lowest BCUT2D eigenvalue weighted by atomic mass is 10.6. The third kappa shape index (κ3) is 45.2. The first-order chi connectivity index (χ1) is 4.33. The first kappa shape index (κ1) is 10.8. The zero-order valence-corrected chi connectivity index (χ0v) is 5.54. The maximum Gasteiger partial charge on any atom is 0.0905 e. The molecule has 2 heteroatoms. The van der Waals surface area contributed by atoms with E-state index in [1.807, 2.05) is 6.92 Å². The van der Waals surface area contributed by atoms with Crippen molar-refractivity contribution in [2.24, 2.45) is 0 Å². The Hall–Kier alpha value is -1.07. The zero-order valence-electron chi connectivity index (χ0n) is 5.54. The molecule has 0 radical (unpaired) electrons. The second-order valence-corrected chi connectivity index (χ2v) is 1.08. The molecule has 0 aromatic rings. The number of nitrogens with zero attached hydrogens (tertiary/aromatic N) is 1. The fourth-order valence-corrected chi connectivity index (χ4v) is 0.105. The Labute approximate surface area is 55.7 Å². The van der Waals surface area contributed by atoms with Crippen molar-refractivity contribution >= 4 is 0 Å². The Morgan fingerprint density at radius 3 is 2.22 bits per heavy atom. The standard InChI is InChI=1S/C4H8O.C3H3N/c1-2-3-4-5;1-2-3-4/h2-3,5H,4H2,1H3;2H,1H2. The minimum atomic E-state index is 0.163. The van der Waals surface area contributed by atoms with Gasteiger partial charge in [0.05, 0.1) is 12.7 Å². The van der Waals surface area contributed by atoms with Gasteiger partial charge in [-0.3, -0.25) is 0 Å². The minimum absolute atomic E-state index is 0.163. The third-order valence-corrected chi connectivity index (χ3v) is 0.432. The maximum atomic E-state index is 7.98. The van der Waals surface area contributed by atoms with E-state index in [1.54, 1.807) is 18.2 Å². The molecule has 0 bridgehead atoms. The van der Waals surface area contributed by atoms with E-state index in [0.717, 1.165) is 0 Å². The fourth-order valence-electron chi connectivity index (χ4n) is 0.105. The van der Waals surface area contributed by atoms with Crippen molar-refractivity contribution in [3.05, 3.63) is 24.8 Å². The minimum Gasteiger partial charge on any atom is -0.392 e. The summed E-state index contributed by atoms with van der Waals surface area (Å²) in [6, 6.07) is 1.69. The lowest BCUT2D eigenvalue weighted by molar-refractivity contribution is 0.342. The van der Waals surface area contributed by atoms with Crippen LogP contribution in [0.2, 0.25) is 0 Å². The summed E-state index contributed by atoms with van der Waals surface area (Å²) in [7, 11) is 0. The highest BCUT2D eigenvalue weighted by Gasteiger charge is 1.52. The molecule has 0 aliphatic heterocycles. The molecule has 0 aromatic heterocycles. The van der Waals surface area contributed by atoms with Gasteiger partial charge in [0.1, 0.15) is 0 Å². The van der Waals surface area contributed by atoms with Crippen LogP contribution in [0.3, 0.4) is 0 Å². The molecule has 0 aromatic carbocycles. The Kier molecular flexibility index (Phi) is 19.0. The molecule has 0 heterocycles. The van der Waals surface area contributed by atoms with E-state index >= 15 is 0 Å². The molecule has 0 aliphatic carbocycles. The summed E-state index contributed by atoms with van der Waals surface area (Å²) < 4.78 is 0. The van der Waals surface area contributed by atoms with Crippen LogP contribution >= 0.6 is 0 Å². The van der Waals surface area contributed by atoms with Crippen LogP contribution in [-0.2, 0) is 0 Å². The topological polar surface area (TPSA) is 44.0 Å². The smallest absolute Gasteiger partial charge is 0.0905 e. The van der Waals surface area contributed by atoms with Gasteiger partial charge in [0.15, 0.2) is 0 Å². The summed E-state index contributed by atoms with van der Waals surface area (Å²) >= 11 is 0. The van der Waals surface area contributed by atoms with Gasteiger partial charge in [-0.25, -0.2) is 0 Å². The van der Waals surface area contributed by atoms with Gasteiger partial charge in [0.2, 0.25) is 0 Å². The summed E-state index contributed by atoms with van der Waals surface area (Å²) in [5, 5.41) is 15.5. The quantitative estimate of drug-likeness (QED) is 0.423. The van der Waals surface area contributed by atoms with Gasteiger partial charge >= 0.3 is 0 Å². The molecule has 0 saturated carbocycles. The average molecular weight is 125 g/mol. The number of hydrogen-bond acceptors (Lipinski definition) is 2. The van der Waals surface area contributed by atoms with Crippen molar-refractivity contribution in [2.75, 3.05) is 6.61 Å². The van der Waals surface area contributed by atoms with E-state index in [0.29, 0.717) is 0 Å². The summed E-state index contributed by atoms with van der Waals surface area (Å²) in [5.74, 6) is 0. The predicted molar refractivity (Wildman–Crippen MR) is 37.7 cm³/mol. The first-order valence-corrected chi connectivity index (χ1v) is 2.56. The van der Waals surface area contributed by atoms with E-state index in [-0.39, 0.29) is 6.61 Å². The SMILES string of the molecule is C=CC#N.CC=CCO. The number of hydrogen-bond donors (Lipinski definition) is 1. The first-order valence-electron chi connectivity index (χ1n) is 2.56. The number of allylic oxidation sites excluding steroid dienone is 2. The van der Waals surface area contributed by atoms with Crippen LogP contribution in [0.1, 0.15) is 6.92 Å². The Bertz CT molecular complexity index is 111. The predicted octanol–water partition coefficient (Wildman–Crippen LogP) is 1.25. The van der Waals surface area contributed by atoms with Crippen molar-refractivity contribution in [1.82, 2.24) is 0 Å². The maximum absolute atomic E-state index is 7.98. The van der Waals surface area contributed by atoms with Crippen LogP contribution in [0.25, 0.3) is 0 Å². The number of rotatable bonds is 1. The highest BCUT2D eigenvalue weighted by Crippen LogP contribution is 1.60. The van der Waals surface area contributed by atoms with Crippen LogP contribution in [0.4, 0.5) is 0 Å². The lowest BCUT2D eigenvalue weighted by Crippen LogP contribution is -1.65. The molecule has 0 rings (SSSR count). The number of aliphatic hydroxyl groups excluding tert-OH is 1. The molecular weight excluding hydrogens is 114 g/mol. The highest BCUT2D eigenvalue weighted by atomic mass is 16.2. The lowest BCUT2D eigenvalue weighted by Gasteiger charge is -1.66. The van der Waals surface area contributed by atoms with E-state index in [1.165, 1.54) is 6.08 Å². The highest BCUT2D eigenvalue weighted by molar-refractivity contribution is 4.93. The zero-order chi connectivity index (χ0) is 7.54. The molecule has 0 aliphatic rings. The third-order valence-electron chi connectivity index (χ3n) is 0.432. The van der Waals surface area contributed by atoms with E-state index in [9.17, 15) is 0 Å². The summed E-state index contributed by atoms with van der Waals surface area (Å²) in [6.07, 6.45) is 4.67. The van der Waals surface area contributed by atoms with Crippen molar-refractivity contribution in [1.29, 1.82) is 5.26 Å².